The molecule has 2 aromatic rings. The number of hydrogen-bond donors (Lipinski definition) is 0. The molecule has 0 saturated carbocycles. The van der Waals surface area contributed by atoms with Gasteiger partial charge in [0.15, 0.2) is 0 Å². The van der Waals surface area contributed by atoms with E-state index < -0.39 is 0 Å². The largest absolute Gasteiger partial charge is 0.333 e. The van der Waals surface area contributed by atoms with Crippen molar-refractivity contribution in [3.8, 4) is 0 Å². The Morgan fingerprint density at radius 1 is 1.16 bits per heavy atom. The third-order valence-corrected chi connectivity index (χ3v) is 6.62. The third-order valence-electron chi connectivity index (χ3n) is 5.63. The van der Waals surface area contributed by atoms with Gasteiger partial charge in [-0.15, -0.1) is 11.3 Å². The van der Waals surface area contributed by atoms with Crippen molar-refractivity contribution in [2.75, 3.05) is 19.6 Å². The molecule has 31 heavy (non-hydrogen) atoms. The van der Waals surface area contributed by atoms with Gasteiger partial charge in [-0.2, -0.15) is 0 Å². The lowest BCUT2D eigenvalue weighted by molar-refractivity contribution is -0.143. The van der Waals surface area contributed by atoms with E-state index in [9.17, 15) is 9.59 Å². The van der Waals surface area contributed by atoms with E-state index in [1.54, 1.807) is 16.2 Å². The summed E-state index contributed by atoms with van der Waals surface area (Å²) in [7, 11) is 0. The SMILES string of the molecule is Cc1ccc(C2c3ccsc3CCN2C(=O)CN(CC(C)C)C(=O)CC(C)(C)C)cc1. The molecule has 0 aliphatic carbocycles. The number of aryl methyl sites for hydroxylation is 1. The maximum absolute atomic E-state index is 13.6. The van der Waals surface area contributed by atoms with Gasteiger partial charge in [0, 0.05) is 24.4 Å². The van der Waals surface area contributed by atoms with E-state index in [2.05, 4.69) is 77.3 Å². The lowest BCUT2D eigenvalue weighted by Crippen LogP contribution is -2.48. The number of rotatable bonds is 6. The van der Waals surface area contributed by atoms with Crippen molar-refractivity contribution in [1.82, 2.24) is 9.80 Å². The highest BCUT2D eigenvalue weighted by molar-refractivity contribution is 7.10. The summed E-state index contributed by atoms with van der Waals surface area (Å²) in [6.45, 7) is 13.9. The molecule has 5 heteroatoms. The molecule has 168 valence electrons. The molecule has 4 nitrogen and oxygen atoms in total. The first-order valence-corrected chi connectivity index (χ1v) is 12.1. The number of thiophene rings is 1. The summed E-state index contributed by atoms with van der Waals surface area (Å²) in [5, 5.41) is 2.12. The maximum atomic E-state index is 13.6. The summed E-state index contributed by atoms with van der Waals surface area (Å²) in [5.41, 5.74) is 3.47. The number of nitrogens with zero attached hydrogens (tertiary/aromatic N) is 2. The maximum Gasteiger partial charge on any atom is 0.242 e. The Bertz CT molecular complexity index is 908. The highest BCUT2D eigenvalue weighted by Crippen LogP contribution is 2.38. The topological polar surface area (TPSA) is 40.6 Å². The number of amides is 2. The van der Waals surface area contributed by atoms with Gasteiger partial charge in [0.25, 0.3) is 0 Å². The van der Waals surface area contributed by atoms with E-state index in [-0.39, 0.29) is 29.8 Å². The van der Waals surface area contributed by atoms with Gasteiger partial charge < -0.3 is 9.80 Å². The monoisotopic (exact) mass is 440 g/mol. The van der Waals surface area contributed by atoms with Gasteiger partial charge >= 0.3 is 0 Å². The van der Waals surface area contributed by atoms with Gasteiger partial charge in [0.2, 0.25) is 11.8 Å². The summed E-state index contributed by atoms with van der Waals surface area (Å²) in [6, 6.07) is 10.5. The summed E-state index contributed by atoms with van der Waals surface area (Å²) < 4.78 is 0. The van der Waals surface area contributed by atoms with Gasteiger partial charge in [-0.1, -0.05) is 64.4 Å². The molecule has 0 radical (unpaired) electrons. The van der Waals surface area contributed by atoms with Crippen molar-refractivity contribution < 1.29 is 9.59 Å². The Labute approximate surface area is 191 Å². The van der Waals surface area contributed by atoms with Gasteiger partial charge in [-0.05, 0) is 47.3 Å². The second-order valence-electron chi connectivity index (χ2n) is 10.4. The Hall–Kier alpha value is -2.14. The fraction of sp³-hybridized carbons (Fsp3) is 0.538. The molecule has 1 aromatic heterocycles. The first-order chi connectivity index (χ1) is 14.5. The molecule has 0 saturated heterocycles. The summed E-state index contributed by atoms with van der Waals surface area (Å²) >= 11 is 1.77. The Kier molecular flexibility index (Phi) is 7.25. The van der Waals surface area contributed by atoms with E-state index in [0.29, 0.717) is 25.4 Å². The van der Waals surface area contributed by atoms with Crippen molar-refractivity contribution in [3.05, 3.63) is 57.3 Å². The average Bonchev–Trinajstić information content (AvgIpc) is 3.14. The molecule has 1 aliphatic rings. The fourth-order valence-corrected chi connectivity index (χ4v) is 5.11. The summed E-state index contributed by atoms with van der Waals surface area (Å²) in [5.74, 6) is 0.412. The van der Waals surface area contributed by atoms with Gasteiger partial charge in [0.1, 0.15) is 0 Å². The van der Waals surface area contributed by atoms with Crippen molar-refractivity contribution in [3.63, 3.8) is 0 Å². The lowest BCUT2D eigenvalue weighted by Gasteiger charge is -2.38. The minimum atomic E-state index is -0.101. The molecular formula is C26H36N2O2S. The molecule has 1 atom stereocenters. The normalized spacial score (nSPS) is 16.4. The smallest absolute Gasteiger partial charge is 0.242 e. The first kappa shape index (κ1) is 23.5. The van der Waals surface area contributed by atoms with Crippen LogP contribution in [0.3, 0.4) is 0 Å². The lowest BCUT2D eigenvalue weighted by atomic mass is 9.91. The van der Waals surface area contributed by atoms with Crippen LogP contribution in [0.2, 0.25) is 0 Å². The van der Waals surface area contributed by atoms with E-state index in [0.717, 1.165) is 12.0 Å². The van der Waals surface area contributed by atoms with Crippen molar-refractivity contribution >= 4 is 23.2 Å². The number of benzene rings is 1. The van der Waals surface area contributed by atoms with Crippen molar-refractivity contribution in [1.29, 1.82) is 0 Å². The molecule has 0 N–H and O–H groups in total. The number of hydrogen-bond acceptors (Lipinski definition) is 3. The van der Waals surface area contributed by atoms with Crippen LogP contribution in [0.5, 0.6) is 0 Å². The van der Waals surface area contributed by atoms with E-state index in [4.69, 9.17) is 0 Å². The van der Waals surface area contributed by atoms with Gasteiger partial charge in [-0.25, -0.2) is 0 Å². The molecular weight excluding hydrogens is 404 g/mol. The number of carbonyl (C=O) groups excluding carboxylic acids is 2. The molecule has 3 rings (SSSR count). The third kappa shape index (κ3) is 5.97. The summed E-state index contributed by atoms with van der Waals surface area (Å²) in [4.78, 5) is 31.7. The van der Waals surface area contributed by atoms with Gasteiger partial charge in [0.05, 0.1) is 12.6 Å². The highest BCUT2D eigenvalue weighted by atomic mass is 32.1. The number of carbonyl (C=O) groups is 2. The predicted molar refractivity (Wildman–Crippen MR) is 128 cm³/mol. The highest BCUT2D eigenvalue weighted by Gasteiger charge is 2.34. The molecule has 0 bridgehead atoms. The molecule has 0 spiro atoms. The Morgan fingerprint density at radius 2 is 1.84 bits per heavy atom. The summed E-state index contributed by atoms with van der Waals surface area (Å²) in [6.07, 6.45) is 1.32. The second kappa shape index (κ2) is 9.56. The minimum absolute atomic E-state index is 0.0327. The standard InChI is InChI=1S/C26H36N2O2S/c1-18(2)16-27(23(29)15-26(4,5)6)17-24(30)28-13-11-22-21(12-14-31-22)25(28)20-9-7-19(3)8-10-20/h7-10,12,14,18,25H,11,13,15-17H2,1-6H3. The zero-order valence-electron chi connectivity index (χ0n) is 19.8. The molecule has 2 heterocycles. The van der Waals surface area contributed by atoms with Crippen LogP contribution in [-0.4, -0.2) is 41.2 Å². The fourth-order valence-electron chi connectivity index (χ4n) is 4.21. The molecule has 1 aromatic carbocycles. The Morgan fingerprint density at radius 3 is 2.45 bits per heavy atom. The zero-order chi connectivity index (χ0) is 22.8. The van der Waals surface area contributed by atoms with E-state index in [1.165, 1.54) is 16.0 Å². The second-order valence-corrected chi connectivity index (χ2v) is 11.4. The zero-order valence-corrected chi connectivity index (χ0v) is 20.6. The van der Waals surface area contributed by atoms with Crippen molar-refractivity contribution in [2.24, 2.45) is 11.3 Å². The van der Waals surface area contributed by atoms with Crippen LogP contribution < -0.4 is 0 Å². The minimum Gasteiger partial charge on any atom is -0.333 e. The van der Waals surface area contributed by atoms with Crippen LogP contribution in [0.15, 0.2) is 35.7 Å². The van der Waals surface area contributed by atoms with Crippen LogP contribution in [0, 0.1) is 18.3 Å². The molecule has 0 fully saturated rings. The predicted octanol–water partition coefficient (Wildman–Crippen LogP) is 5.45. The van der Waals surface area contributed by atoms with E-state index >= 15 is 0 Å². The molecule has 1 unspecified atom stereocenters. The molecule has 1 aliphatic heterocycles. The van der Waals surface area contributed by atoms with Gasteiger partial charge in [-0.3, -0.25) is 9.59 Å². The van der Waals surface area contributed by atoms with Crippen LogP contribution in [0.25, 0.3) is 0 Å². The molecule has 2 amide bonds. The van der Waals surface area contributed by atoms with E-state index in [1.807, 2.05) is 4.90 Å². The average molecular weight is 441 g/mol. The quantitative estimate of drug-likeness (QED) is 0.599. The first-order valence-electron chi connectivity index (χ1n) is 11.3. The number of fused-ring (bicyclic) bond motifs is 1. The van der Waals surface area contributed by atoms with Crippen LogP contribution in [0.4, 0.5) is 0 Å². The Balaban J connectivity index is 1.86. The van der Waals surface area contributed by atoms with Crippen LogP contribution >= 0.6 is 11.3 Å². The van der Waals surface area contributed by atoms with Crippen molar-refractivity contribution in [2.45, 2.75) is 60.4 Å². The van der Waals surface area contributed by atoms with Crippen LogP contribution in [-0.2, 0) is 16.0 Å². The van der Waals surface area contributed by atoms with Crippen LogP contribution in [0.1, 0.15) is 68.6 Å².